The molecular weight excluding hydrogens is 256 g/mol. The van der Waals surface area contributed by atoms with Crippen LogP contribution in [0.25, 0.3) is 12.2 Å². The maximum Gasteiger partial charge on any atom is 0.0466 e. The Kier molecular flexibility index (Phi) is 4.52. The number of ether oxygens (including phenoxy) is 1. The average molecular weight is 278 g/mol. The molecule has 0 aliphatic heterocycles. The van der Waals surface area contributed by atoms with Crippen LogP contribution in [-0.4, -0.2) is 13.2 Å². The fourth-order valence-corrected chi connectivity index (χ4v) is 3.15. The normalized spacial score (nSPS) is 13.6. The third kappa shape index (κ3) is 3.08. The number of hydrogen-bond acceptors (Lipinski definition) is 1. The van der Waals surface area contributed by atoms with Gasteiger partial charge in [0.2, 0.25) is 0 Å². The number of hydrogen-bond donors (Lipinski definition) is 0. The summed E-state index contributed by atoms with van der Waals surface area (Å²) in [4.78, 5) is 0. The van der Waals surface area contributed by atoms with Crippen LogP contribution in [0.2, 0.25) is 0 Å². The minimum Gasteiger partial charge on any atom is -0.382 e. The van der Waals surface area contributed by atoms with Crippen molar-refractivity contribution in [1.29, 1.82) is 0 Å². The molecule has 0 amide bonds. The van der Waals surface area contributed by atoms with Crippen LogP contribution in [0.1, 0.15) is 47.9 Å². The highest BCUT2D eigenvalue weighted by atomic mass is 16.5. The first-order chi connectivity index (χ1) is 10.4. The van der Waals surface area contributed by atoms with Gasteiger partial charge in [0.15, 0.2) is 0 Å². The fourth-order valence-electron chi connectivity index (χ4n) is 3.15. The molecule has 3 rings (SSSR count). The zero-order valence-electron chi connectivity index (χ0n) is 12.6. The van der Waals surface area contributed by atoms with Gasteiger partial charge in [0.05, 0.1) is 0 Å². The maximum atomic E-state index is 5.52. The molecule has 0 saturated carbocycles. The summed E-state index contributed by atoms with van der Waals surface area (Å²) in [6, 6.07) is 17.5. The molecule has 0 bridgehead atoms. The number of fused-ring (bicyclic) bond motifs is 2. The Bertz CT molecular complexity index is 578. The second-order valence-corrected chi connectivity index (χ2v) is 5.48. The summed E-state index contributed by atoms with van der Waals surface area (Å²) < 4.78 is 5.52. The van der Waals surface area contributed by atoms with E-state index in [1.165, 1.54) is 22.3 Å². The van der Waals surface area contributed by atoms with E-state index >= 15 is 0 Å². The molecule has 21 heavy (non-hydrogen) atoms. The van der Waals surface area contributed by atoms with Gasteiger partial charge in [-0.15, -0.1) is 0 Å². The van der Waals surface area contributed by atoms with Crippen LogP contribution in [0.15, 0.2) is 48.5 Å². The van der Waals surface area contributed by atoms with Crippen LogP contribution >= 0.6 is 0 Å². The number of benzene rings is 2. The molecule has 0 aromatic heterocycles. The van der Waals surface area contributed by atoms with Crippen molar-refractivity contribution >= 4 is 12.2 Å². The molecule has 108 valence electrons. The van der Waals surface area contributed by atoms with E-state index in [0.29, 0.717) is 5.92 Å². The van der Waals surface area contributed by atoms with Gasteiger partial charge in [-0.1, -0.05) is 60.7 Å². The lowest BCUT2D eigenvalue weighted by Gasteiger charge is -2.20. The minimum absolute atomic E-state index is 0.466. The van der Waals surface area contributed by atoms with Crippen LogP contribution in [0.5, 0.6) is 0 Å². The summed E-state index contributed by atoms with van der Waals surface area (Å²) in [5.41, 5.74) is 5.57. The van der Waals surface area contributed by atoms with Gasteiger partial charge in [0, 0.05) is 19.1 Å². The molecule has 1 heteroatoms. The second kappa shape index (κ2) is 6.73. The van der Waals surface area contributed by atoms with E-state index < -0.39 is 0 Å². The predicted octanol–water partition coefficient (Wildman–Crippen LogP) is 5.12. The highest BCUT2D eigenvalue weighted by molar-refractivity contribution is 5.76. The molecule has 0 heterocycles. The SMILES string of the molecule is CCOCCCC1c2ccccc2C=Cc2ccccc21. The van der Waals surface area contributed by atoms with Crippen LogP contribution in [0.4, 0.5) is 0 Å². The second-order valence-electron chi connectivity index (χ2n) is 5.48. The summed E-state index contributed by atoms with van der Waals surface area (Å²) in [5, 5.41) is 0. The Morgan fingerprint density at radius 1 is 0.857 bits per heavy atom. The molecule has 1 aliphatic rings. The van der Waals surface area contributed by atoms with E-state index in [-0.39, 0.29) is 0 Å². The van der Waals surface area contributed by atoms with Crippen molar-refractivity contribution in [1.82, 2.24) is 0 Å². The average Bonchev–Trinajstić information content (AvgIpc) is 2.69. The predicted molar refractivity (Wildman–Crippen MR) is 89.4 cm³/mol. The minimum atomic E-state index is 0.466. The maximum absolute atomic E-state index is 5.52. The van der Waals surface area contributed by atoms with E-state index in [9.17, 15) is 0 Å². The standard InChI is InChI=1S/C20H22O/c1-2-21-15-7-12-20-18-10-5-3-8-16(18)13-14-17-9-4-6-11-19(17)20/h3-6,8-11,13-14,20H,2,7,12,15H2,1H3. The molecule has 2 aromatic rings. The van der Waals surface area contributed by atoms with Gasteiger partial charge in [-0.05, 0) is 42.0 Å². The largest absolute Gasteiger partial charge is 0.382 e. The van der Waals surface area contributed by atoms with Crippen molar-refractivity contribution in [2.24, 2.45) is 0 Å². The summed E-state index contributed by atoms with van der Waals surface area (Å²) in [6.07, 6.45) is 6.73. The lowest BCUT2D eigenvalue weighted by molar-refractivity contribution is 0.142. The van der Waals surface area contributed by atoms with E-state index in [1.807, 2.05) is 0 Å². The topological polar surface area (TPSA) is 9.23 Å². The zero-order valence-corrected chi connectivity index (χ0v) is 12.6. The molecular formula is C20H22O. The summed E-state index contributed by atoms with van der Waals surface area (Å²) in [7, 11) is 0. The first-order valence-corrected chi connectivity index (χ1v) is 7.84. The highest BCUT2D eigenvalue weighted by Gasteiger charge is 2.20. The van der Waals surface area contributed by atoms with E-state index in [0.717, 1.165) is 26.1 Å². The van der Waals surface area contributed by atoms with E-state index in [2.05, 4.69) is 67.6 Å². The van der Waals surface area contributed by atoms with Gasteiger partial charge >= 0.3 is 0 Å². The van der Waals surface area contributed by atoms with Crippen LogP contribution < -0.4 is 0 Å². The third-order valence-electron chi connectivity index (χ3n) is 4.17. The highest BCUT2D eigenvalue weighted by Crippen LogP contribution is 2.37. The molecule has 1 aliphatic carbocycles. The first-order valence-electron chi connectivity index (χ1n) is 7.84. The van der Waals surface area contributed by atoms with Crippen molar-refractivity contribution in [3.05, 3.63) is 70.8 Å². The van der Waals surface area contributed by atoms with Crippen molar-refractivity contribution in [3.8, 4) is 0 Å². The van der Waals surface area contributed by atoms with Crippen molar-refractivity contribution < 1.29 is 4.74 Å². The lowest BCUT2D eigenvalue weighted by Crippen LogP contribution is -2.06. The molecule has 0 unspecified atom stereocenters. The summed E-state index contributed by atoms with van der Waals surface area (Å²) >= 11 is 0. The smallest absolute Gasteiger partial charge is 0.0466 e. The first kappa shape index (κ1) is 14.1. The Labute approximate surface area is 127 Å². The van der Waals surface area contributed by atoms with E-state index in [4.69, 9.17) is 4.74 Å². The van der Waals surface area contributed by atoms with Crippen molar-refractivity contribution in [2.75, 3.05) is 13.2 Å². The molecule has 1 nitrogen and oxygen atoms in total. The third-order valence-corrected chi connectivity index (χ3v) is 4.17. The molecule has 0 fully saturated rings. The van der Waals surface area contributed by atoms with Crippen LogP contribution in [0.3, 0.4) is 0 Å². The Morgan fingerprint density at radius 2 is 1.43 bits per heavy atom. The van der Waals surface area contributed by atoms with Crippen molar-refractivity contribution in [3.63, 3.8) is 0 Å². The van der Waals surface area contributed by atoms with Gasteiger partial charge in [-0.2, -0.15) is 0 Å². The summed E-state index contributed by atoms with van der Waals surface area (Å²) in [5.74, 6) is 0.466. The van der Waals surface area contributed by atoms with Gasteiger partial charge in [-0.3, -0.25) is 0 Å². The fraction of sp³-hybridized carbons (Fsp3) is 0.300. The molecule has 0 atom stereocenters. The van der Waals surface area contributed by atoms with Gasteiger partial charge in [0.1, 0.15) is 0 Å². The zero-order chi connectivity index (χ0) is 14.5. The summed E-state index contributed by atoms with van der Waals surface area (Å²) in [6.45, 7) is 3.71. The molecule has 2 aromatic carbocycles. The Hall–Kier alpha value is -1.86. The lowest BCUT2D eigenvalue weighted by atomic mass is 9.84. The van der Waals surface area contributed by atoms with Crippen LogP contribution in [0, 0.1) is 0 Å². The van der Waals surface area contributed by atoms with Gasteiger partial charge < -0.3 is 4.74 Å². The Morgan fingerprint density at radius 3 is 2.00 bits per heavy atom. The van der Waals surface area contributed by atoms with Gasteiger partial charge in [0.25, 0.3) is 0 Å². The molecule has 0 spiro atoms. The molecule has 0 radical (unpaired) electrons. The molecule has 0 saturated heterocycles. The van der Waals surface area contributed by atoms with E-state index in [1.54, 1.807) is 0 Å². The van der Waals surface area contributed by atoms with Gasteiger partial charge in [-0.25, -0.2) is 0 Å². The monoisotopic (exact) mass is 278 g/mol. The van der Waals surface area contributed by atoms with Crippen LogP contribution in [-0.2, 0) is 4.74 Å². The molecule has 0 N–H and O–H groups in total. The van der Waals surface area contributed by atoms with Crippen molar-refractivity contribution in [2.45, 2.75) is 25.7 Å². The Balaban J connectivity index is 1.94. The quantitative estimate of drug-likeness (QED) is 0.690. The number of rotatable bonds is 5.